The maximum Gasteiger partial charge on any atom is 0.254 e. The molecule has 1 aliphatic carbocycles. The van der Waals surface area contributed by atoms with E-state index in [1.165, 1.54) is 35.6 Å². The molecule has 1 aliphatic rings. The van der Waals surface area contributed by atoms with Gasteiger partial charge in [-0.05, 0) is 67.0 Å². The largest absolute Gasteiger partial charge is 0.336 e. The second kappa shape index (κ2) is 10.7. The van der Waals surface area contributed by atoms with Crippen LogP contribution in [0.25, 0.3) is 0 Å². The normalized spacial score (nSPS) is 13.7. The molecule has 4 rings (SSSR count). The summed E-state index contributed by atoms with van der Waals surface area (Å²) in [5.74, 6) is -3.16. The second-order valence-corrected chi connectivity index (χ2v) is 8.89. The fourth-order valence-electron chi connectivity index (χ4n) is 4.43. The van der Waals surface area contributed by atoms with Gasteiger partial charge in [0.15, 0.2) is 11.6 Å². The molecule has 3 aromatic rings. The molecule has 0 spiro atoms. The van der Waals surface area contributed by atoms with Crippen LogP contribution in [-0.2, 0) is 30.6 Å². The summed E-state index contributed by atoms with van der Waals surface area (Å²) in [7, 11) is 1.52. The molecule has 1 unspecified atom stereocenters. The van der Waals surface area contributed by atoms with E-state index in [4.69, 9.17) is 5.21 Å². The minimum absolute atomic E-state index is 0.0139. The molecule has 1 heterocycles. The third-order valence-corrected chi connectivity index (χ3v) is 6.27. The van der Waals surface area contributed by atoms with Crippen LogP contribution in [0.4, 0.5) is 8.78 Å². The Balaban J connectivity index is 1.48. The fourth-order valence-corrected chi connectivity index (χ4v) is 4.43. The Hall–Kier alpha value is -3.66. The number of nitrogens with zero attached hydrogens (tertiary/aromatic N) is 4. The van der Waals surface area contributed by atoms with Crippen molar-refractivity contribution >= 4 is 11.8 Å². The Morgan fingerprint density at radius 3 is 2.63 bits per heavy atom. The highest BCUT2D eigenvalue weighted by Crippen LogP contribution is 2.25. The number of halogens is 2. The Labute approximate surface area is 201 Å². The fraction of sp³-hybridized carbons (Fsp3) is 0.360. The molecular formula is C25H27F2N5O3. The van der Waals surface area contributed by atoms with E-state index < -0.39 is 29.5 Å². The number of hydrogen-bond donors (Lipinski definition) is 2. The number of aromatic nitrogens is 3. The van der Waals surface area contributed by atoms with Gasteiger partial charge in [-0.1, -0.05) is 23.4 Å². The average Bonchev–Trinajstić information content (AvgIpc) is 3.33. The molecule has 0 saturated heterocycles. The summed E-state index contributed by atoms with van der Waals surface area (Å²) in [4.78, 5) is 25.9. The standard InChI is InChI=1S/C25H27F2N5O3/c1-31(25(34)19-8-9-22(26)23(27)12-19)14-20-15-32(30-28-20)21(13-24(33)29-35)11-16-6-7-17-4-2-3-5-18(17)10-16/h6-10,12,15,21,35H,2-5,11,13-14H2,1H3,(H,29,33). The number of rotatable bonds is 8. The highest BCUT2D eigenvalue weighted by Gasteiger charge is 2.21. The topological polar surface area (TPSA) is 100 Å². The van der Waals surface area contributed by atoms with Gasteiger partial charge in [-0.2, -0.15) is 0 Å². The maximum absolute atomic E-state index is 13.5. The van der Waals surface area contributed by atoms with Crippen molar-refractivity contribution in [2.45, 2.75) is 51.1 Å². The number of hydrogen-bond acceptors (Lipinski definition) is 5. The van der Waals surface area contributed by atoms with E-state index in [9.17, 15) is 18.4 Å². The molecule has 1 atom stereocenters. The smallest absolute Gasteiger partial charge is 0.254 e. The van der Waals surface area contributed by atoms with Gasteiger partial charge in [0.2, 0.25) is 5.91 Å². The van der Waals surface area contributed by atoms with Gasteiger partial charge in [0.25, 0.3) is 5.91 Å². The third-order valence-electron chi connectivity index (χ3n) is 6.27. The molecule has 35 heavy (non-hydrogen) atoms. The first-order valence-corrected chi connectivity index (χ1v) is 11.5. The van der Waals surface area contributed by atoms with E-state index in [1.807, 2.05) is 0 Å². The Morgan fingerprint density at radius 1 is 1.11 bits per heavy atom. The van der Waals surface area contributed by atoms with Crippen LogP contribution in [0.3, 0.4) is 0 Å². The quantitative estimate of drug-likeness (QED) is 0.378. The van der Waals surface area contributed by atoms with Crippen molar-refractivity contribution < 1.29 is 23.6 Å². The highest BCUT2D eigenvalue weighted by molar-refractivity contribution is 5.94. The first-order chi connectivity index (χ1) is 16.8. The van der Waals surface area contributed by atoms with Crippen molar-refractivity contribution in [3.63, 3.8) is 0 Å². The van der Waals surface area contributed by atoms with Crippen LogP contribution in [0, 0.1) is 11.6 Å². The van der Waals surface area contributed by atoms with E-state index in [0.29, 0.717) is 12.1 Å². The number of nitrogens with one attached hydrogen (secondary N) is 1. The Bertz CT molecular complexity index is 1230. The summed E-state index contributed by atoms with van der Waals surface area (Å²) in [6.45, 7) is 0.0790. The van der Waals surface area contributed by atoms with E-state index in [2.05, 4.69) is 28.5 Å². The molecule has 0 saturated carbocycles. The summed E-state index contributed by atoms with van der Waals surface area (Å²) in [5.41, 5.74) is 5.90. The minimum Gasteiger partial charge on any atom is -0.336 e. The van der Waals surface area contributed by atoms with Crippen LogP contribution < -0.4 is 5.48 Å². The number of carbonyl (C=O) groups is 2. The lowest BCUT2D eigenvalue weighted by Crippen LogP contribution is -2.26. The van der Waals surface area contributed by atoms with E-state index >= 15 is 0 Å². The minimum atomic E-state index is -1.10. The number of carbonyl (C=O) groups excluding carboxylic acids is 2. The van der Waals surface area contributed by atoms with Crippen LogP contribution in [0.1, 0.15) is 58.0 Å². The highest BCUT2D eigenvalue weighted by atomic mass is 19.2. The lowest BCUT2D eigenvalue weighted by Gasteiger charge is -2.20. The van der Waals surface area contributed by atoms with Gasteiger partial charge in [-0.15, -0.1) is 5.10 Å². The molecule has 2 aromatic carbocycles. The molecule has 0 fully saturated rings. The summed E-state index contributed by atoms with van der Waals surface area (Å²) in [5, 5.41) is 17.3. The molecule has 0 bridgehead atoms. The summed E-state index contributed by atoms with van der Waals surface area (Å²) < 4.78 is 28.2. The van der Waals surface area contributed by atoms with Crippen LogP contribution in [0.5, 0.6) is 0 Å². The molecule has 184 valence electrons. The van der Waals surface area contributed by atoms with Gasteiger partial charge in [-0.25, -0.2) is 18.9 Å². The maximum atomic E-state index is 13.5. The molecule has 0 aliphatic heterocycles. The lowest BCUT2D eigenvalue weighted by atomic mass is 9.89. The summed E-state index contributed by atoms with van der Waals surface area (Å²) >= 11 is 0. The summed E-state index contributed by atoms with van der Waals surface area (Å²) in [6.07, 6.45) is 6.61. The van der Waals surface area contributed by atoms with Gasteiger partial charge in [-0.3, -0.25) is 14.8 Å². The van der Waals surface area contributed by atoms with E-state index in [1.54, 1.807) is 16.4 Å². The molecule has 10 heteroatoms. The van der Waals surface area contributed by atoms with Crippen LogP contribution >= 0.6 is 0 Å². The average molecular weight is 484 g/mol. The zero-order valence-electron chi connectivity index (χ0n) is 19.4. The second-order valence-electron chi connectivity index (χ2n) is 8.89. The number of amides is 2. The monoisotopic (exact) mass is 483 g/mol. The predicted octanol–water partition coefficient (Wildman–Crippen LogP) is 3.39. The van der Waals surface area contributed by atoms with Crippen molar-refractivity contribution in [1.29, 1.82) is 0 Å². The van der Waals surface area contributed by atoms with Crippen molar-refractivity contribution in [1.82, 2.24) is 25.4 Å². The predicted molar refractivity (Wildman–Crippen MR) is 123 cm³/mol. The Morgan fingerprint density at radius 2 is 1.89 bits per heavy atom. The number of fused-ring (bicyclic) bond motifs is 1. The third kappa shape index (κ3) is 5.89. The molecule has 1 aromatic heterocycles. The van der Waals surface area contributed by atoms with Crippen molar-refractivity contribution in [2.24, 2.45) is 0 Å². The van der Waals surface area contributed by atoms with Gasteiger partial charge in [0.1, 0.15) is 5.69 Å². The molecule has 0 radical (unpaired) electrons. The number of benzene rings is 2. The number of hydroxylamine groups is 1. The summed E-state index contributed by atoms with van der Waals surface area (Å²) in [6, 6.07) is 8.94. The van der Waals surface area contributed by atoms with Gasteiger partial charge < -0.3 is 4.90 Å². The Kier molecular flexibility index (Phi) is 7.50. The van der Waals surface area contributed by atoms with Crippen molar-refractivity contribution in [3.05, 3.63) is 82.2 Å². The van der Waals surface area contributed by atoms with Crippen molar-refractivity contribution in [2.75, 3.05) is 7.05 Å². The molecule has 2 amide bonds. The SMILES string of the molecule is CN(Cc1cn(C(CC(=O)NO)Cc2ccc3c(c2)CCCC3)nn1)C(=O)c1ccc(F)c(F)c1. The van der Waals surface area contributed by atoms with Gasteiger partial charge >= 0.3 is 0 Å². The molecule has 8 nitrogen and oxygen atoms in total. The molecule has 2 N–H and O–H groups in total. The van der Waals surface area contributed by atoms with Crippen LogP contribution in [-0.4, -0.2) is 44.0 Å². The first kappa shape index (κ1) is 24.5. The lowest BCUT2D eigenvalue weighted by molar-refractivity contribution is -0.130. The zero-order valence-corrected chi connectivity index (χ0v) is 19.4. The van der Waals surface area contributed by atoms with Gasteiger partial charge in [0.05, 0.1) is 25.2 Å². The van der Waals surface area contributed by atoms with E-state index in [-0.39, 0.29) is 18.5 Å². The number of aryl methyl sites for hydroxylation is 2. The van der Waals surface area contributed by atoms with Gasteiger partial charge in [0, 0.05) is 12.6 Å². The zero-order chi connectivity index (χ0) is 24.9. The van der Waals surface area contributed by atoms with Crippen LogP contribution in [0.2, 0.25) is 0 Å². The molecular weight excluding hydrogens is 456 g/mol. The van der Waals surface area contributed by atoms with Crippen molar-refractivity contribution in [3.8, 4) is 0 Å². The first-order valence-electron chi connectivity index (χ1n) is 11.5. The van der Waals surface area contributed by atoms with E-state index in [0.717, 1.165) is 37.0 Å². The van der Waals surface area contributed by atoms with Crippen LogP contribution in [0.15, 0.2) is 42.6 Å².